The molecule has 0 unspecified atom stereocenters. The van der Waals surface area contributed by atoms with Crippen LogP contribution in [0.1, 0.15) is 6.92 Å². The number of nitrogens with one attached hydrogen (secondary N) is 1. The molecule has 9 heavy (non-hydrogen) atoms. The Labute approximate surface area is 53.5 Å². The number of hydrogen-bond acceptors (Lipinski definition) is 2. The molecule has 0 aromatic rings. The van der Waals surface area contributed by atoms with Gasteiger partial charge in [0.05, 0.1) is 6.54 Å². The molecule has 1 saturated heterocycles. The van der Waals surface area contributed by atoms with Crippen LogP contribution in [0.3, 0.4) is 0 Å². The number of amides is 2. The van der Waals surface area contributed by atoms with Crippen LogP contribution in [0.2, 0.25) is 0 Å². The zero-order valence-electron chi connectivity index (χ0n) is 5.29. The summed E-state index contributed by atoms with van der Waals surface area (Å²) in [5.74, 6) is 0. The summed E-state index contributed by atoms with van der Waals surface area (Å²) in [7, 11) is 0. The maximum Gasteiger partial charge on any atom is 0.337 e. The molecule has 1 aliphatic heterocycles. The number of urea groups is 1. The third-order valence-corrected chi connectivity index (χ3v) is 1.09. The summed E-state index contributed by atoms with van der Waals surface area (Å²) in [6.07, 6.45) is 1.60. The molecule has 0 bridgehead atoms. The van der Waals surface area contributed by atoms with Crippen LogP contribution >= 0.6 is 0 Å². The van der Waals surface area contributed by atoms with Gasteiger partial charge in [-0.15, -0.1) is 0 Å². The maximum absolute atomic E-state index is 10.7. The molecule has 1 N–H and O–H groups in total. The van der Waals surface area contributed by atoms with Gasteiger partial charge >= 0.3 is 6.03 Å². The molecule has 50 valence electrons. The predicted octanol–water partition coefficient (Wildman–Crippen LogP) is 0.0173. The van der Waals surface area contributed by atoms with Gasteiger partial charge in [-0.3, -0.25) is 0 Å². The zero-order chi connectivity index (χ0) is 6.69. The normalized spacial score (nSPS) is 19.2. The fourth-order valence-corrected chi connectivity index (χ4v) is 0.711. The minimum absolute atomic E-state index is 0.104. The first kappa shape index (κ1) is 6.07. The van der Waals surface area contributed by atoms with Gasteiger partial charge in [-0.2, -0.15) is 5.10 Å². The zero-order valence-corrected chi connectivity index (χ0v) is 5.29. The Bertz CT molecular complexity index is 143. The summed E-state index contributed by atoms with van der Waals surface area (Å²) >= 11 is 0. The van der Waals surface area contributed by atoms with Gasteiger partial charge in [0.2, 0.25) is 0 Å². The third-order valence-electron chi connectivity index (χ3n) is 1.09. The molecule has 1 rings (SSSR count). The summed E-state index contributed by atoms with van der Waals surface area (Å²) in [5, 5.41) is 7.83. The van der Waals surface area contributed by atoms with Gasteiger partial charge in [0, 0.05) is 12.8 Å². The summed E-state index contributed by atoms with van der Waals surface area (Å²) in [6.45, 7) is 3.17. The van der Waals surface area contributed by atoms with Crippen molar-refractivity contribution < 1.29 is 4.79 Å². The van der Waals surface area contributed by atoms with Gasteiger partial charge in [0.25, 0.3) is 0 Å². The summed E-state index contributed by atoms with van der Waals surface area (Å²) < 4.78 is 0. The molecule has 0 radical (unpaired) electrons. The highest BCUT2D eigenvalue weighted by molar-refractivity contribution is 5.76. The van der Waals surface area contributed by atoms with Gasteiger partial charge < -0.3 is 5.32 Å². The van der Waals surface area contributed by atoms with E-state index < -0.39 is 0 Å². The second kappa shape index (κ2) is 2.48. The first-order valence-electron chi connectivity index (χ1n) is 2.88. The van der Waals surface area contributed by atoms with Crippen LogP contribution in [-0.4, -0.2) is 30.3 Å². The summed E-state index contributed by atoms with van der Waals surface area (Å²) in [6, 6.07) is -0.104. The van der Waals surface area contributed by atoms with Gasteiger partial charge in [0.15, 0.2) is 0 Å². The second-order valence-electron chi connectivity index (χ2n) is 1.73. The Morgan fingerprint density at radius 3 is 3.11 bits per heavy atom. The van der Waals surface area contributed by atoms with Crippen molar-refractivity contribution in [3.05, 3.63) is 0 Å². The van der Waals surface area contributed by atoms with Crippen LogP contribution in [0.15, 0.2) is 5.10 Å². The van der Waals surface area contributed by atoms with Crippen LogP contribution < -0.4 is 5.32 Å². The minimum atomic E-state index is -0.104. The molecule has 0 saturated carbocycles. The molecule has 0 aliphatic carbocycles. The fourth-order valence-electron chi connectivity index (χ4n) is 0.711. The number of carbonyl (C=O) groups excluding carboxylic acids is 1. The van der Waals surface area contributed by atoms with E-state index in [2.05, 4.69) is 10.4 Å². The summed E-state index contributed by atoms with van der Waals surface area (Å²) in [4.78, 5) is 10.7. The molecule has 1 fully saturated rings. The van der Waals surface area contributed by atoms with Gasteiger partial charge in [0.1, 0.15) is 0 Å². The van der Waals surface area contributed by atoms with Gasteiger partial charge in [-0.25, -0.2) is 9.80 Å². The number of rotatable bonds is 1. The van der Waals surface area contributed by atoms with E-state index in [0.29, 0.717) is 13.1 Å². The van der Waals surface area contributed by atoms with Crippen molar-refractivity contribution in [3.63, 3.8) is 0 Å². The fraction of sp³-hybridized carbons (Fsp3) is 0.600. The van der Waals surface area contributed by atoms with Crippen LogP contribution in [0.25, 0.3) is 0 Å². The lowest BCUT2D eigenvalue weighted by atomic mass is 10.7. The molecule has 1 heterocycles. The molecule has 0 atom stereocenters. The van der Waals surface area contributed by atoms with E-state index in [9.17, 15) is 4.79 Å². The molecule has 4 heteroatoms. The largest absolute Gasteiger partial charge is 0.337 e. The number of hydrazone groups is 1. The lowest BCUT2D eigenvalue weighted by Crippen LogP contribution is -2.22. The minimum Gasteiger partial charge on any atom is -0.335 e. The highest BCUT2D eigenvalue weighted by Gasteiger charge is 2.16. The lowest BCUT2D eigenvalue weighted by Gasteiger charge is -2.03. The van der Waals surface area contributed by atoms with Crippen molar-refractivity contribution in [1.29, 1.82) is 0 Å². The van der Waals surface area contributed by atoms with Gasteiger partial charge in [-0.1, -0.05) is 0 Å². The van der Waals surface area contributed by atoms with E-state index in [-0.39, 0.29) is 6.03 Å². The van der Waals surface area contributed by atoms with E-state index in [0.717, 1.165) is 0 Å². The molecule has 1 aliphatic rings. The molecule has 4 nitrogen and oxygen atoms in total. The monoisotopic (exact) mass is 127 g/mol. The van der Waals surface area contributed by atoms with Crippen molar-refractivity contribution in [2.75, 3.05) is 13.1 Å². The SMILES string of the molecule is C/C=N/N1CCNC1=O. The smallest absolute Gasteiger partial charge is 0.335 e. The Morgan fingerprint density at radius 2 is 2.67 bits per heavy atom. The van der Waals surface area contributed by atoms with Crippen LogP contribution in [-0.2, 0) is 0 Å². The van der Waals surface area contributed by atoms with E-state index in [1.807, 2.05) is 0 Å². The Balaban J connectivity index is 2.49. The molecule has 2 amide bonds. The van der Waals surface area contributed by atoms with Crippen molar-refractivity contribution in [3.8, 4) is 0 Å². The Kier molecular flexibility index (Phi) is 1.67. The number of hydrogen-bond donors (Lipinski definition) is 1. The topological polar surface area (TPSA) is 44.7 Å². The van der Waals surface area contributed by atoms with Crippen molar-refractivity contribution in [1.82, 2.24) is 10.3 Å². The quantitative estimate of drug-likeness (QED) is 0.496. The molecule has 0 spiro atoms. The second-order valence-corrected chi connectivity index (χ2v) is 1.73. The molecule has 0 aromatic heterocycles. The van der Waals surface area contributed by atoms with Gasteiger partial charge in [-0.05, 0) is 6.92 Å². The third kappa shape index (κ3) is 1.19. The molecule has 0 aromatic carbocycles. The molecular weight excluding hydrogens is 118 g/mol. The Hall–Kier alpha value is -1.06. The first-order valence-corrected chi connectivity index (χ1v) is 2.88. The van der Waals surface area contributed by atoms with Crippen LogP contribution in [0, 0.1) is 0 Å². The standard InChI is InChI=1S/C5H9N3O/c1-2-7-8-4-3-6-5(8)9/h2H,3-4H2,1H3,(H,6,9)/b7-2+. The lowest BCUT2D eigenvalue weighted by molar-refractivity contribution is 0.219. The Morgan fingerprint density at radius 1 is 1.89 bits per heavy atom. The average molecular weight is 127 g/mol. The van der Waals surface area contributed by atoms with E-state index in [1.54, 1.807) is 13.1 Å². The predicted molar refractivity (Wildman–Crippen MR) is 34.3 cm³/mol. The highest BCUT2D eigenvalue weighted by Crippen LogP contribution is 1.94. The van der Waals surface area contributed by atoms with Crippen molar-refractivity contribution in [2.24, 2.45) is 5.10 Å². The van der Waals surface area contributed by atoms with E-state index >= 15 is 0 Å². The van der Waals surface area contributed by atoms with Crippen LogP contribution in [0.5, 0.6) is 0 Å². The van der Waals surface area contributed by atoms with Crippen molar-refractivity contribution >= 4 is 12.2 Å². The maximum atomic E-state index is 10.7. The van der Waals surface area contributed by atoms with Crippen LogP contribution in [0.4, 0.5) is 4.79 Å². The first-order chi connectivity index (χ1) is 4.34. The van der Waals surface area contributed by atoms with E-state index in [1.165, 1.54) is 5.01 Å². The molecular formula is C5H9N3O. The van der Waals surface area contributed by atoms with Crippen molar-refractivity contribution in [2.45, 2.75) is 6.92 Å². The number of carbonyl (C=O) groups is 1. The summed E-state index contributed by atoms with van der Waals surface area (Å²) in [5.41, 5.74) is 0. The van der Waals surface area contributed by atoms with E-state index in [4.69, 9.17) is 0 Å². The highest BCUT2D eigenvalue weighted by atomic mass is 16.2. The number of nitrogens with zero attached hydrogens (tertiary/aromatic N) is 2. The average Bonchev–Trinajstić information content (AvgIpc) is 2.18.